The number of alkyl halides is 2. The summed E-state index contributed by atoms with van der Waals surface area (Å²) in [5.41, 5.74) is -0.508. The van der Waals surface area contributed by atoms with Crippen LogP contribution < -0.4 is 5.14 Å². The SMILES string of the molecule is NS(=O)(=O)c1cnc(C(F)F)c(Br)c1I. The average molecular weight is 413 g/mol. The van der Waals surface area contributed by atoms with Crippen molar-refractivity contribution in [3.63, 3.8) is 0 Å². The molecule has 0 saturated carbocycles. The van der Waals surface area contributed by atoms with Gasteiger partial charge in [0.1, 0.15) is 10.6 Å². The van der Waals surface area contributed by atoms with E-state index in [2.05, 4.69) is 20.9 Å². The van der Waals surface area contributed by atoms with Gasteiger partial charge in [-0.2, -0.15) is 0 Å². The third kappa shape index (κ3) is 2.82. The summed E-state index contributed by atoms with van der Waals surface area (Å²) in [6.07, 6.45) is -1.95. The molecule has 0 saturated heterocycles. The Morgan fingerprint density at radius 2 is 2.07 bits per heavy atom. The Kier molecular flexibility index (Phi) is 4.01. The van der Waals surface area contributed by atoms with Gasteiger partial charge in [-0.25, -0.2) is 22.3 Å². The second-order valence-corrected chi connectivity index (χ2v) is 5.88. The quantitative estimate of drug-likeness (QED) is 0.755. The van der Waals surface area contributed by atoms with Crippen LogP contribution in [0.4, 0.5) is 8.78 Å². The van der Waals surface area contributed by atoms with Gasteiger partial charge >= 0.3 is 0 Å². The van der Waals surface area contributed by atoms with E-state index in [-0.39, 0.29) is 12.9 Å². The van der Waals surface area contributed by atoms with Crippen molar-refractivity contribution in [3.05, 3.63) is 19.9 Å². The van der Waals surface area contributed by atoms with Crippen LogP contribution in [0.5, 0.6) is 0 Å². The molecule has 2 N–H and O–H groups in total. The smallest absolute Gasteiger partial charge is 0.253 e. The maximum absolute atomic E-state index is 12.4. The Morgan fingerprint density at radius 1 is 1.53 bits per heavy atom. The fourth-order valence-corrected chi connectivity index (χ4v) is 3.32. The van der Waals surface area contributed by atoms with Crippen LogP contribution in [-0.2, 0) is 10.0 Å². The number of aromatic nitrogens is 1. The Labute approximate surface area is 107 Å². The van der Waals surface area contributed by atoms with Crippen LogP contribution in [0.3, 0.4) is 0 Å². The topological polar surface area (TPSA) is 73.1 Å². The molecule has 4 nitrogen and oxygen atoms in total. The number of nitrogens with two attached hydrogens (primary N) is 1. The summed E-state index contributed by atoms with van der Waals surface area (Å²) in [6, 6.07) is 0. The van der Waals surface area contributed by atoms with Crippen molar-refractivity contribution in [2.75, 3.05) is 0 Å². The number of pyridine rings is 1. The second kappa shape index (κ2) is 4.55. The minimum Gasteiger partial charge on any atom is -0.253 e. The van der Waals surface area contributed by atoms with Crippen molar-refractivity contribution in [3.8, 4) is 0 Å². The molecule has 0 amide bonds. The molecule has 0 unspecified atom stereocenters. The first-order valence-corrected chi connectivity index (χ1v) is 6.81. The Balaban J connectivity index is 3.48. The first-order valence-electron chi connectivity index (χ1n) is 3.40. The van der Waals surface area contributed by atoms with Crippen molar-refractivity contribution >= 4 is 48.5 Å². The van der Waals surface area contributed by atoms with E-state index in [0.717, 1.165) is 6.20 Å². The summed E-state index contributed by atoms with van der Waals surface area (Å²) in [5.74, 6) is 0. The van der Waals surface area contributed by atoms with Gasteiger partial charge in [0.15, 0.2) is 0 Å². The standard InChI is InChI=1S/C6H4BrF2IN2O2S/c7-3-4(10)2(15(11,13)14)1-12-5(3)6(8)9/h1,6H,(H2,11,13,14). The molecule has 0 atom stereocenters. The lowest BCUT2D eigenvalue weighted by atomic mass is 10.4. The lowest BCUT2D eigenvalue weighted by Gasteiger charge is -2.07. The second-order valence-electron chi connectivity index (χ2n) is 2.48. The van der Waals surface area contributed by atoms with Crippen LogP contribution >= 0.6 is 38.5 Å². The largest absolute Gasteiger partial charge is 0.281 e. The minimum atomic E-state index is -3.94. The molecular weight excluding hydrogens is 409 g/mol. The van der Waals surface area contributed by atoms with E-state index in [4.69, 9.17) is 5.14 Å². The van der Waals surface area contributed by atoms with E-state index in [1.807, 2.05) is 0 Å². The fraction of sp³-hybridized carbons (Fsp3) is 0.167. The van der Waals surface area contributed by atoms with E-state index < -0.39 is 22.1 Å². The monoisotopic (exact) mass is 412 g/mol. The summed E-state index contributed by atoms with van der Waals surface area (Å²) >= 11 is 4.46. The molecule has 1 aromatic heterocycles. The highest BCUT2D eigenvalue weighted by Gasteiger charge is 2.22. The molecule has 0 aliphatic rings. The molecule has 0 fully saturated rings. The first kappa shape index (κ1) is 13.2. The highest BCUT2D eigenvalue weighted by atomic mass is 127. The van der Waals surface area contributed by atoms with E-state index >= 15 is 0 Å². The maximum Gasteiger partial charge on any atom is 0.281 e. The highest BCUT2D eigenvalue weighted by molar-refractivity contribution is 14.1. The van der Waals surface area contributed by atoms with Gasteiger partial charge in [0.05, 0.1) is 8.04 Å². The minimum absolute atomic E-state index is 0.0513. The van der Waals surface area contributed by atoms with Crippen LogP contribution in [0, 0.1) is 3.57 Å². The summed E-state index contributed by atoms with van der Waals surface area (Å²) < 4.78 is 46.8. The molecule has 0 spiro atoms. The summed E-state index contributed by atoms with van der Waals surface area (Å²) in [6.45, 7) is 0. The van der Waals surface area contributed by atoms with E-state index in [0.29, 0.717) is 0 Å². The van der Waals surface area contributed by atoms with Gasteiger partial charge in [-0.3, -0.25) is 4.98 Å². The number of primary sulfonamides is 1. The third-order valence-electron chi connectivity index (χ3n) is 1.47. The number of sulfonamides is 1. The van der Waals surface area contributed by atoms with Crippen molar-refractivity contribution in [2.45, 2.75) is 11.3 Å². The number of hydrogen-bond donors (Lipinski definition) is 1. The van der Waals surface area contributed by atoms with Crippen molar-refractivity contribution in [1.82, 2.24) is 4.98 Å². The van der Waals surface area contributed by atoms with Gasteiger partial charge < -0.3 is 0 Å². The van der Waals surface area contributed by atoms with Gasteiger partial charge in [0.25, 0.3) is 6.43 Å². The average Bonchev–Trinajstić information content (AvgIpc) is 2.06. The zero-order chi connectivity index (χ0) is 11.8. The number of rotatable bonds is 2. The van der Waals surface area contributed by atoms with Crippen LogP contribution in [0.2, 0.25) is 0 Å². The lowest BCUT2D eigenvalue weighted by molar-refractivity contribution is 0.145. The lowest BCUT2D eigenvalue weighted by Crippen LogP contribution is -2.15. The van der Waals surface area contributed by atoms with E-state index in [9.17, 15) is 17.2 Å². The normalized spacial score (nSPS) is 12.1. The molecule has 1 aromatic rings. The molecule has 0 aliphatic carbocycles. The number of nitrogens with zero attached hydrogens (tertiary/aromatic N) is 1. The first-order chi connectivity index (χ1) is 6.75. The maximum atomic E-state index is 12.4. The molecule has 1 rings (SSSR count). The van der Waals surface area contributed by atoms with Crippen molar-refractivity contribution in [1.29, 1.82) is 0 Å². The zero-order valence-corrected chi connectivity index (χ0v) is 11.5. The van der Waals surface area contributed by atoms with Gasteiger partial charge in [-0.15, -0.1) is 0 Å². The zero-order valence-electron chi connectivity index (χ0n) is 6.92. The van der Waals surface area contributed by atoms with E-state index in [1.165, 1.54) is 0 Å². The predicted octanol–water partition coefficient (Wildman–Crippen LogP) is 2.03. The van der Waals surface area contributed by atoms with Crippen LogP contribution in [0.15, 0.2) is 15.6 Å². The molecule has 0 radical (unpaired) electrons. The van der Waals surface area contributed by atoms with Crippen LogP contribution in [-0.4, -0.2) is 13.4 Å². The van der Waals surface area contributed by atoms with Gasteiger partial charge in [0, 0.05) is 6.20 Å². The molecule has 0 aromatic carbocycles. The molecule has 1 heterocycles. The molecular formula is C6H4BrF2IN2O2S. The molecule has 15 heavy (non-hydrogen) atoms. The summed E-state index contributed by atoms with van der Waals surface area (Å²) in [4.78, 5) is 3.07. The molecule has 84 valence electrons. The molecule has 0 bridgehead atoms. The Bertz CT molecular complexity index is 494. The van der Waals surface area contributed by atoms with Gasteiger partial charge in [-0.05, 0) is 38.5 Å². The van der Waals surface area contributed by atoms with Crippen LogP contribution in [0.1, 0.15) is 12.1 Å². The van der Waals surface area contributed by atoms with Gasteiger partial charge in [-0.1, -0.05) is 0 Å². The molecule has 0 aliphatic heterocycles. The predicted molar refractivity (Wildman–Crippen MR) is 61.0 cm³/mol. The summed E-state index contributed by atoms with van der Waals surface area (Å²) in [5, 5.41) is 4.87. The fourth-order valence-electron chi connectivity index (χ4n) is 0.813. The summed E-state index contributed by atoms with van der Waals surface area (Å²) in [7, 11) is -3.94. The Hall–Kier alpha value is 0.130. The highest BCUT2D eigenvalue weighted by Crippen LogP contribution is 2.32. The molecule has 9 heteroatoms. The number of halogens is 4. The number of hydrogen-bond acceptors (Lipinski definition) is 3. The third-order valence-corrected chi connectivity index (χ3v) is 5.42. The van der Waals surface area contributed by atoms with Crippen molar-refractivity contribution < 1.29 is 17.2 Å². The van der Waals surface area contributed by atoms with Crippen LogP contribution in [0.25, 0.3) is 0 Å². The van der Waals surface area contributed by atoms with Crippen molar-refractivity contribution in [2.24, 2.45) is 5.14 Å². The van der Waals surface area contributed by atoms with Gasteiger partial charge in [0.2, 0.25) is 10.0 Å². The Morgan fingerprint density at radius 3 is 2.47 bits per heavy atom. The van der Waals surface area contributed by atoms with E-state index in [1.54, 1.807) is 22.6 Å².